The van der Waals surface area contributed by atoms with Crippen LogP contribution in [0, 0.1) is 0 Å². The first kappa shape index (κ1) is 15.0. The summed E-state index contributed by atoms with van der Waals surface area (Å²) in [6.45, 7) is 6.09. The van der Waals surface area contributed by atoms with E-state index in [0.717, 1.165) is 26.1 Å². The van der Waals surface area contributed by atoms with Gasteiger partial charge in [-0.3, -0.25) is 0 Å². The molecule has 1 heterocycles. The van der Waals surface area contributed by atoms with E-state index in [-0.39, 0.29) is 5.79 Å². The first-order valence-corrected chi connectivity index (χ1v) is 7.61. The van der Waals surface area contributed by atoms with Gasteiger partial charge < -0.3 is 9.47 Å². The largest absolute Gasteiger partial charge is 0.348 e. The van der Waals surface area contributed by atoms with Crippen molar-refractivity contribution in [2.75, 3.05) is 13.2 Å². The van der Waals surface area contributed by atoms with Crippen LogP contribution in [0.25, 0.3) is 0 Å². The van der Waals surface area contributed by atoms with E-state index in [4.69, 9.17) is 9.47 Å². The van der Waals surface area contributed by atoms with E-state index >= 15 is 0 Å². The van der Waals surface area contributed by atoms with Gasteiger partial charge in [0.15, 0.2) is 5.79 Å². The molecular weight excluding hydrogens is 212 g/mol. The highest BCUT2D eigenvalue weighted by Crippen LogP contribution is 2.31. The van der Waals surface area contributed by atoms with Crippen LogP contribution >= 0.6 is 0 Å². The molecule has 0 radical (unpaired) electrons. The van der Waals surface area contributed by atoms with Gasteiger partial charge in [-0.1, -0.05) is 52.4 Å². The van der Waals surface area contributed by atoms with Crippen molar-refractivity contribution >= 4 is 0 Å². The molecule has 0 bridgehead atoms. The molecule has 0 unspecified atom stereocenters. The minimum atomic E-state index is -0.207. The van der Waals surface area contributed by atoms with Gasteiger partial charge in [0.05, 0.1) is 13.2 Å². The van der Waals surface area contributed by atoms with Crippen LogP contribution in [0.3, 0.4) is 0 Å². The molecule has 0 spiro atoms. The predicted molar refractivity (Wildman–Crippen MR) is 72.2 cm³/mol. The standard InChI is InChI=1S/C15H30O2/c1-3-5-7-9-11-15(16-13-14-17-15)12-10-8-6-4-2/h3-14H2,1-2H3. The Morgan fingerprint density at radius 3 is 1.59 bits per heavy atom. The molecule has 1 aliphatic rings. The molecular formula is C15H30O2. The van der Waals surface area contributed by atoms with Gasteiger partial charge in [-0.25, -0.2) is 0 Å². The second-order valence-electron chi connectivity index (χ2n) is 5.23. The molecule has 0 atom stereocenters. The van der Waals surface area contributed by atoms with Crippen LogP contribution in [-0.2, 0) is 9.47 Å². The van der Waals surface area contributed by atoms with E-state index in [0.29, 0.717) is 0 Å². The Kier molecular flexibility index (Phi) is 7.87. The first-order valence-electron chi connectivity index (χ1n) is 7.61. The summed E-state index contributed by atoms with van der Waals surface area (Å²) in [5, 5.41) is 0. The number of ether oxygens (including phenoxy) is 2. The maximum Gasteiger partial charge on any atom is 0.168 e. The number of hydrogen-bond acceptors (Lipinski definition) is 2. The van der Waals surface area contributed by atoms with Gasteiger partial charge in [0.2, 0.25) is 0 Å². The monoisotopic (exact) mass is 242 g/mol. The van der Waals surface area contributed by atoms with E-state index in [1.165, 1.54) is 51.4 Å². The van der Waals surface area contributed by atoms with Gasteiger partial charge in [0, 0.05) is 12.8 Å². The van der Waals surface area contributed by atoms with Gasteiger partial charge in [-0.15, -0.1) is 0 Å². The zero-order valence-electron chi connectivity index (χ0n) is 11.8. The summed E-state index contributed by atoms with van der Waals surface area (Å²) < 4.78 is 11.8. The Morgan fingerprint density at radius 2 is 1.18 bits per heavy atom. The fraction of sp³-hybridized carbons (Fsp3) is 1.00. The molecule has 2 heteroatoms. The fourth-order valence-corrected chi connectivity index (χ4v) is 2.55. The van der Waals surface area contributed by atoms with Crippen LogP contribution in [0.4, 0.5) is 0 Å². The van der Waals surface area contributed by atoms with E-state index in [2.05, 4.69) is 13.8 Å². The summed E-state index contributed by atoms with van der Waals surface area (Å²) in [5.41, 5.74) is 0. The quantitative estimate of drug-likeness (QED) is 0.518. The molecule has 0 aromatic rings. The van der Waals surface area contributed by atoms with Crippen molar-refractivity contribution in [2.24, 2.45) is 0 Å². The minimum absolute atomic E-state index is 0.207. The van der Waals surface area contributed by atoms with Crippen molar-refractivity contribution < 1.29 is 9.47 Å². The molecule has 102 valence electrons. The lowest BCUT2D eigenvalue weighted by Crippen LogP contribution is -2.30. The lowest BCUT2D eigenvalue weighted by atomic mass is 10.00. The minimum Gasteiger partial charge on any atom is -0.348 e. The van der Waals surface area contributed by atoms with Gasteiger partial charge >= 0.3 is 0 Å². The van der Waals surface area contributed by atoms with Crippen LogP contribution in [0.2, 0.25) is 0 Å². The van der Waals surface area contributed by atoms with E-state index < -0.39 is 0 Å². The maximum atomic E-state index is 5.88. The smallest absolute Gasteiger partial charge is 0.168 e. The summed E-state index contributed by atoms with van der Waals surface area (Å²) in [7, 11) is 0. The number of unbranched alkanes of at least 4 members (excludes halogenated alkanes) is 6. The Balaban J connectivity index is 2.19. The highest BCUT2D eigenvalue weighted by atomic mass is 16.7. The van der Waals surface area contributed by atoms with Crippen molar-refractivity contribution in [2.45, 2.75) is 83.8 Å². The lowest BCUT2D eigenvalue weighted by Gasteiger charge is -2.27. The lowest BCUT2D eigenvalue weighted by molar-refractivity contribution is -0.168. The zero-order valence-corrected chi connectivity index (χ0v) is 11.8. The third-order valence-electron chi connectivity index (χ3n) is 3.64. The molecule has 2 nitrogen and oxygen atoms in total. The summed E-state index contributed by atoms with van der Waals surface area (Å²) in [6, 6.07) is 0. The van der Waals surface area contributed by atoms with Crippen molar-refractivity contribution in [1.29, 1.82) is 0 Å². The second-order valence-corrected chi connectivity index (χ2v) is 5.23. The van der Waals surface area contributed by atoms with Crippen molar-refractivity contribution in [3.8, 4) is 0 Å². The highest BCUT2D eigenvalue weighted by Gasteiger charge is 2.34. The molecule has 0 amide bonds. The Morgan fingerprint density at radius 1 is 0.706 bits per heavy atom. The molecule has 0 N–H and O–H groups in total. The molecule has 0 aromatic heterocycles. The average molecular weight is 242 g/mol. The second kappa shape index (κ2) is 8.93. The zero-order chi connectivity index (χ0) is 12.4. The van der Waals surface area contributed by atoms with E-state index in [9.17, 15) is 0 Å². The SMILES string of the molecule is CCCCCCC1(CCCCCC)OCCO1. The summed E-state index contributed by atoms with van der Waals surface area (Å²) >= 11 is 0. The van der Waals surface area contributed by atoms with Crippen molar-refractivity contribution in [1.82, 2.24) is 0 Å². The Bertz CT molecular complexity index is 160. The molecule has 1 aliphatic heterocycles. The van der Waals surface area contributed by atoms with Crippen LogP contribution in [0.5, 0.6) is 0 Å². The molecule has 1 saturated heterocycles. The van der Waals surface area contributed by atoms with Crippen LogP contribution in [-0.4, -0.2) is 19.0 Å². The van der Waals surface area contributed by atoms with Gasteiger partial charge in [-0.05, 0) is 12.8 Å². The Hall–Kier alpha value is -0.0800. The first-order chi connectivity index (χ1) is 8.33. The van der Waals surface area contributed by atoms with Crippen LogP contribution in [0.1, 0.15) is 78.1 Å². The molecule has 0 aromatic carbocycles. The topological polar surface area (TPSA) is 18.5 Å². The predicted octanol–water partition coefficient (Wildman–Crippen LogP) is 4.67. The van der Waals surface area contributed by atoms with E-state index in [1.807, 2.05) is 0 Å². The highest BCUT2D eigenvalue weighted by molar-refractivity contribution is 4.74. The third kappa shape index (κ3) is 5.87. The molecule has 17 heavy (non-hydrogen) atoms. The summed E-state index contributed by atoms with van der Waals surface area (Å²) in [5.74, 6) is -0.207. The summed E-state index contributed by atoms with van der Waals surface area (Å²) in [4.78, 5) is 0. The number of hydrogen-bond donors (Lipinski definition) is 0. The third-order valence-corrected chi connectivity index (χ3v) is 3.64. The van der Waals surface area contributed by atoms with Crippen LogP contribution in [0.15, 0.2) is 0 Å². The fourth-order valence-electron chi connectivity index (χ4n) is 2.55. The normalized spacial score (nSPS) is 18.7. The summed E-state index contributed by atoms with van der Waals surface area (Å²) in [6.07, 6.45) is 12.6. The number of rotatable bonds is 10. The maximum absolute atomic E-state index is 5.88. The van der Waals surface area contributed by atoms with Gasteiger partial charge in [-0.2, -0.15) is 0 Å². The van der Waals surface area contributed by atoms with Gasteiger partial charge in [0.25, 0.3) is 0 Å². The Labute approximate surface area is 107 Å². The van der Waals surface area contributed by atoms with Gasteiger partial charge in [0.1, 0.15) is 0 Å². The van der Waals surface area contributed by atoms with Crippen LogP contribution < -0.4 is 0 Å². The van der Waals surface area contributed by atoms with Crippen molar-refractivity contribution in [3.63, 3.8) is 0 Å². The molecule has 1 rings (SSSR count). The average Bonchev–Trinajstić information content (AvgIpc) is 2.80. The van der Waals surface area contributed by atoms with E-state index in [1.54, 1.807) is 0 Å². The molecule has 0 aliphatic carbocycles. The molecule has 0 saturated carbocycles. The molecule has 1 fully saturated rings. The van der Waals surface area contributed by atoms with Crippen molar-refractivity contribution in [3.05, 3.63) is 0 Å².